The lowest BCUT2D eigenvalue weighted by Gasteiger charge is -2.21. The van der Waals surface area contributed by atoms with Gasteiger partial charge in [-0.1, -0.05) is 6.07 Å². The summed E-state index contributed by atoms with van der Waals surface area (Å²) < 4.78 is 0. The van der Waals surface area contributed by atoms with E-state index in [-0.39, 0.29) is 23.0 Å². The van der Waals surface area contributed by atoms with E-state index in [0.29, 0.717) is 13.1 Å². The number of rotatable bonds is 1. The summed E-state index contributed by atoms with van der Waals surface area (Å²) in [4.78, 5) is 16.2. The van der Waals surface area contributed by atoms with E-state index in [4.69, 9.17) is 0 Å². The summed E-state index contributed by atoms with van der Waals surface area (Å²) in [5.41, 5.74) is 0.166. The van der Waals surface area contributed by atoms with Gasteiger partial charge < -0.3 is 20.0 Å². The number of hydrogen-bond donors (Lipinski definition) is 2. The molecule has 1 aliphatic heterocycles. The highest BCUT2D eigenvalue weighted by Gasteiger charge is 2.22. The molecule has 0 aromatic heterocycles. The molecule has 98 valence electrons. The van der Waals surface area contributed by atoms with Crippen LogP contribution < -0.4 is 0 Å². The molecule has 0 radical (unpaired) electrons. The van der Waals surface area contributed by atoms with Crippen molar-refractivity contribution < 1.29 is 15.0 Å². The van der Waals surface area contributed by atoms with Crippen LogP contribution in [0.1, 0.15) is 16.8 Å². The first-order valence-electron chi connectivity index (χ1n) is 6.08. The third kappa shape index (κ3) is 2.56. The zero-order valence-electron chi connectivity index (χ0n) is 10.5. The highest BCUT2D eigenvalue weighted by Crippen LogP contribution is 2.29. The van der Waals surface area contributed by atoms with Crippen LogP contribution in [-0.2, 0) is 0 Å². The van der Waals surface area contributed by atoms with E-state index >= 15 is 0 Å². The number of benzene rings is 1. The smallest absolute Gasteiger partial charge is 0.257 e. The molecule has 2 N–H and O–H groups in total. The van der Waals surface area contributed by atoms with Crippen LogP contribution in [0, 0.1) is 0 Å². The summed E-state index contributed by atoms with van der Waals surface area (Å²) in [6.07, 6.45) is 0.918. The van der Waals surface area contributed by atoms with Crippen LogP contribution in [0.3, 0.4) is 0 Å². The van der Waals surface area contributed by atoms with Gasteiger partial charge in [0.25, 0.3) is 5.91 Å². The highest BCUT2D eigenvalue weighted by atomic mass is 16.3. The molecular weight excluding hydrogens is 232 g/mol. The Bertz CT molecular complexity index is 448. The molecule has 1 aromatic carbocycles. The maximum absolute atomic E-state index is 12.3. The van der Waals surface area contributed by atoms with E-state index in [1.165, 1.54) is 12.1 Å². The minimum atomic E-state index is -0.333. The fourth-order valence-electron chi connectivity index (χ4n) is 2.12. The van der Waals surface area contributed by atoms with Crippen LogP contribution in [-0.4, -0.2) is 59.1 Å². The second kappa shape index (κ2) is 5.27. The van der Waals surface area contributed by atoms with Crippen molar-refractivity contribution in [2.75, 3.05) is 33.2 Å². The Balaban J connectivity index is 2.18. The number of carbonyl (C=O) groups is 1. The van der Waals surface area contributed by atoms with Gasteiger partial charge in [0.1, 0.15) is 0 Å². The minimum absolute atomic E-state index is 0.166. The summed E-state index contributed by atoms with van der Waals surface area (Å²) in [5.74, 6) is -0.813. The van der Waals surface area contributed by atoms with Gasteiger partial charge in [0, 0.05) is 19.6 Å². The van der Waals surface area contributed by atoms with E-state index in [0.717, 1.165) is 19.5 Å². The number of likely N-dealkylation sites (N-methyl/N-ethyl adjacent to an activating group) is 1. The molecule has 1 saturated heterocycles. The van der Waals surface area contributed by atoms with Crippen molar-refractivity contribution in [1.29, 1.82) is 0 Å². The first-order valence-corrected chi connectivity index (χ1v) is 6.08. The Morgan fingerprint density at radius 2 is 1.94 bits per heavy atom. The summed E-state index contributed by atoms with van der Waals surface area (Å²) in [5, 5.41) is 19.1. The van der Waals surface area contributed by atoms with Crippen LogP contribution in [0.25, 0.3) is 0 Å². The lowest BCUT2D eigenvalue weighted by atomic mass is 10.1. The molecule has 5 nitrogen and oxygen atoms in total. The summed E-state index contributed by atoms with van der Waals surface area (Å²) in [7, 11) is 2.03. The van der Waals surface area contributed by atoms with Crippen LogP contribution in [0.4, 0.5) is 0 Å². The van der Waals surface area contributed by atoms with Crippen LogP contribution >= 0.6 is 0 Å². The molecule has 0 saturated carbocycles. The van der Waals surface area contributed by atoms with Gasteiger partial charge in [-0.2, -0.15) is 0 Å². The number of carbonyl (C=O) groups excluding carboxylic acids is 1. The molecule has 1 aliphatic rings. The fourth-order valence-corrected chi connectivity index (χ4v) is 2.12. The van der Waals surface area contributed by atoms with Crippen molar-refractivity contribution in [2.24, 2.45) is 0 Å². The SMILES string of the molecule is CN1CCCN(C(=O)c2cccc(O)c2O)CC1. The van der Waals surface area contributed by atoms with Gasteiger partial charge in [-0.3, -0.25) is 4.79 Å². The molecule has 1 fully saturated rings. The molecule has 0 atom stereocenters. The minimum Gasteiger partial charge on any atom is -0.504 e. The molecule has 1 aromatic rings. The van der Waals surface area contributed by atoms with E-state index in [1.807, 2.05) is 7.05 Å². The quantitative estimate of drug-likeness (QED) is 0.726. The first-order chi connectivity index (χ1) is 8.59. The summed E-state index contributed by atoms with van der Waals surface area (Å²) >= 11 is 0. The lowest BCUT2D eigenvalue weighted by molar-refractivity contribution is 0.0759. The number of hydrogen-bond acceptors (Lipinski definition) is 4. The second-order valence-corrected chi connectivity index (χ2v) is 4.62. The van der Waals surface area contributed by atoms with E-state index in [2.05, 4.69) is 4.90 Å². The highest BCUT2D eigenvalue weighted by molar-refractivity contribution is 5.97. The van der Waals surface area contributed by atoms with E-state index in [9.17, 15) is 15.0 Å². The van der Waals surface area contributed by atoms with E-state index in [1.54, 1.807) is 11.0 Å². The molecule has 5 heteroatoms. The Morgan fingerprint density at radius 3 is 2.72 bits per heavy atom. The largest absolute Gasteiger partial charge is 0.504 e. The molecule has 1 amide bonds. The number of phenols is 2. The predicted octanol–water partition coefficient (Wildman–Crippen LogP) is 0.875. The first kappa shape index (κ1) is 12.7. The van der Waals surface area contributed by atoms with Gasteiger partial charge >= 0.3 is 0 Å². The second-order valence-electron chi connectivity index (χ2n) is 4.62. The van der Waals surface area contributed by atoms with Crippen molar-refractivity contribution in [3.63, 3.8) is 0 Å². The molecule has 0 aliphatic carbocycles. The number of nitrogens with zero attached hydrogens (tertiary/aromatic N) is 2. The Labute approximate surface area is 106 Å². The van der Waals surface area contributed by atoms with Gasteiger partial charge in [0.2, 0.25) is 0 Å². The van der Waals surface area contributed by atoms with Crippen LogP contribution in [0.5, 0.6) is 11.5 Å². The van der Waals surface area contributed by atoms with Crippen molar-refractivity contribution in [3.05, 3.63) is 23.8 Å². The molecule has 0 spiro atoms. The number of aromatic hydroxyl groups is 2. The average Bonchev–Trinajstić information content (AvgIpc) is 2.57. The fraction of sp³-hybridized carbons (Fsp3) is 0.462. The Hall–Kier alpha value is -1.75. The number of phenolic OH excluding ortho intramolecular Hbond substituents is 2. The van der Waals surface area contributed by atoms with Crippen molar-refractivity contribution >= 4 is 5.91 Å². The topological polar surface area (TPSA) is 64.0 Å². The molecule has 1 heterocycles. The van der Waals surface area contributed by atoms with Crippen molar-refractivity contribution in [1.82, 2.24) is 9.80 Å². The maximum atomic E-state index is 12.3. The molecule has 0 unspecified atom stereocenters. The monoisotopic (exact) mass is 250 g/mol. The summed E-state index contributed by atoms with van der Waals surface area (Å²) in [6.45, 7) is 3.11. The molecule has 18 heavy (non-hydrogen) atoms. The number of amides is 1. The van der Waals surface area contributed by atoms with Gasteiger partial charge in [-0.05, 0) is 32.1 Å². The zero-order valence-corrected chi connectivity index (χ0v) is 10.5. The standard InChI is InChI=1S/C13H18N2O3/c1-14-6-3-7-15(9-8-14)13(18)10-4-2-5-11(16)12(10)17/h2,4-5,16-17H,3,6-9H2,1H3. The molecule has 2 rings (SSSR count). The maximum Gasteiger partial charge on any atom is 0.257 e. The zero-order chi connectivity index (χ0) is 13.1. The van der Waals surface area contributed by atoms with Gasteiger partial charge in [0.05, 0.1) is 5.56 Å². The summed E-state index contributed by atoms with van der Waals surface area (Å²) in [6, 6.07) is 4.46. The third-order valence-electron chi connectivity index (χ3n) is 3.25. The Kier molecular flexibility index (Phi) is 3.72. The normalized spacial score (nSPS) is 17.5. The lowest BCUT2D eigenvalue weighted by Crippen LogP contribution is -2.34. The van der Waals surface area contributed by atoms with Crippen molar-refractivity contribution in [3.8, 4) is 11.5 Å². The van der Waals surface area contributed by atoms with Gasteiger partial charge in [-0.15, -0.1) is 0 Å². The molecule has 0 bridgehead atoms. The number of para-hydroxylation sites is 1. The van der Waals surface area contributed by atoms with Gasteiger partial charge in [-0.25, -0.2) is 0 Å². The molecular formula is C13H18N2O3. The van der Waals surface area contributed by atoms with Crippen LogP contribution in [0.15, 0.2) is 18.2 Å². The predicted molar refractivity (Wildman–Crippen MR) is 67.8 cm³/mol. The van der Waals surface area contributed by atoms with Crippen LogP contribution in [0.2, 0.25) is 0 Å². The average molecular weight is 250 g/mol. The third-order valence-corrected chi connectivity index (χ3v) is 3.25. The van der Waals surface area contributed by atoms with E-state index < -0.39 is 0 Å². The Morgan fingerprint density at radius 1 is 1.17 bits per heavy atom. The van der Waals surface area contributed by atoms with Gasteiger partial charge in [0.15, 0.2) is 11.5 Å². The van der Waals surface area contributed by atoms with Crippen molar-refractivity contribution in [2.45, 2.75) is 6.42 Å².